The monoisotopic (exact) mass is 493 g/mol. The minimum Gasteiger partial charge on any atom is -0.464 e. The average molecular weight is 494 g/mol. The van der Waals surface area contributed by atoms with Gasteiger partial charge in [-0.25, -0.2) is 9.80 Å². The van der Waals surface area contributed by atoms with E-state index >= 15 is 0 Å². The maximum absolute atomic E-state index is 13.7. The molecule has 0 spiro atoms. The molecule has 1 N–H and O–H groups in total. The van der Waals surface area contributed by atoms with Crippen LogP contribution >= 0.6 is 11.6 Å². The number of nitro benzene ring substituents is 1. The number of aryl methyl sites for hydroxylation is 1. The van der Waals surface area contributed by atoms with Gasteiger partial charge < -0.3 is 9.84 Å². The molecule has 0 fully saturated rings. The molecular formula is C26H24ClN3O5. The van der Waals surface area contributed by atoms with Crippen molar-refractivity contribution in [2.45, 2.75) is 31.9 Å². The van der Waals surface area contributed by atoms with E-state index in [4.69, 9.17) is 21.4 Å². The molecule has 2 atom stereocenters. The number of halogens is 1. The number of nitrogens with zero attached hydrogens (tertiary/aromatic N) is 3. The maximum Gasteiger partial charge on any atom is 0.337 e. The van der Waals surface area contributed by atoms with Gasteiger partial charge in [-0.3, -0.25) is 10.1 Å². The number of hydrogen-bond acceptors (Lipinski definition) is 7. The highest BCUT2D eigenvalue weighted by Gasteiger charge is 2.58. The summed E-state index contributed by atoms with van der Waals surface area (Å²) >= 11 is 6.08. The summed E-state index contributed by atoms with van der Waals surface area (Å²) in [5, 5.41) is 30.1. The fourth-order valence-corrected chi connectivity index (χ4v) is 4.36. The van der Waals surface area contributed by atoms with Gasteiger partial charge in [-0.2, -0.15) is 5.10 Å². The van der Waals surface area contributed by atoms with Gasteiger partial charge in [0.1, 0.15) is 6.10 Å². The fraction of sp³-hybridized carbons (Fsp3) is 0.231. The molecule has 0 radical (unpaired) electrons. The van der Waals surface area contributed by atoms with Crippen molar-refractivity contribution < 1.29 is 19.6 Å². The van der Waals surface area contributed by atoms with Crippen molar-refractivity contribution in [3.8, 4) is 0 Å². The Morgan fingerprint density at radius 3 is 2.46 bits per heavy atom. The van der Waals surface area contributed by atoms with Gasteiger partial charge in [-0.15, -0.1) is 0 Å². The standard InChI is InChI=1S/C26H24ClN3O5/c1-3-35-25(32)26(24(31)21-6-4-5-7-23(21)30(33)34)16-22(18-10-8-17(2)9-11-18)28-29(26)20-14-12-19(27)13-15-20/h4-15,24,31H,3,16H2,1-2H3/t24-,26+/m1/s1. The molecule has 1 aliphatic rings. The number of rotatable bonds is 7. The van der Waals surface area contributed by atoms with Crippen LogP contribution in [0.1, 0.15) is 36.1 Å². The third-order valence-electron chi connectivity index (χ3n) is 6.00. The van der Waals surface area contributed by atoms with E-state index in [0.29, 0.717) is 16.4 Å². The van der Waals surface area contributed by atoms with Crippen molar-refractivity contribution in [2.24, 2.45) is 5.10 Å². The summed E-state index contributed by atoms with van der Waals surface area (Å²) in [6.07, 6.45) is -1.67. The molecule has 35 heavy (non-hydrogen) atoms. The van der Waals surface area contributed by atoms with Crippen molar-refractivity contribution in [1.29, 1.82) is 0 Å². The van der Waals surface area contributed by atoms with Crippen LogP contribution in [0.2, 0.25) is 5.02 Å². The zero-order chi connectivity index (χ0) is 25.2. The molecule has 0 aliphatic carbocycles. The number of anilines is 1. The second kappa shape index (κ2) is 9.85. The van der Waals surface area contributed by atoms with E-state index in [9.17, 15) is 20.0 Å². The Bertz CT molecular complexity index is 1280. The number of nitro groups is 1. The summed E-state index contributed by atoms with van der Waals surface area (Å²) in [6, 6.07) is 20.1. The normalized spacial score (nSPS) is 18.2. The lowest BCUT2D eigenvalue weighted by molar-refractivity contribution is -0.386. The lowest BCUT2D eigenvalue weighted by Gasteiger charge is -2.38. The third kappa shape index (κ3) is 4.50. The zero-order valence-corrected chi connectivity index (χ0v) is 20.0. The quantitative estimate of drug-likeness (QED) is 0.275. The Labute approximate surface area is 207 Å². The second-order valence-electron chi connectivity index (χ2n) is 8.24. The lowest BCUT2D eigenvalue weighted by Crippen LogP contribution is -2.55. The molecule has 0 unspecified atom stereocenters. The van der Waals surface area contributed by atoms with Crippen molar-refractivity contribution in [3.63, 3.8) is 0 Å². The maximum atomic E-state index is 13.7. The Morgan fingerprint density at radius 2 is 1.83 bits per heavy atom. The summed E-state index contributed by atoms with van der Waals surface area (Å²) in [4.78, 5) is 24.8. The molecule has 8 nitrogen and oxygen atoms in total. The van der Waals surface area contributed by atoms with E-state index < -0.39 is 22.5 Å². The Morgan fingerprint density at radius 1 is 1.17 bits per heavy atom. The molecule has 0 aromatic heterocycles. The van der Waals surface area contributed by atoms with Crippen LogP contribution in [0.5, 0.6) is 0 Å². The number of hydrazone groups is 1. The molecule has 3 aromatic carbocycles. The number of aliphatic hydroxyl groups excluding tert-OH is 1. The number of esters is 1. The van der Waals surface area contributed by atoms with Gasteiger partial charge in [0.25, 0.3) is 5.69 Å². The van der Waals surface area contributed by atoms with Crippen LogP contribution in [-0.4, -0.2) is 33.9 Å². The Balaban J connectivity index is 1.94. The summed E-state index contributed by atoms with van der Waals surface area (Å²) in [6.45, 7) is 3.67. The van der Waals surface area contributed by atoms with Gasteiger partial charge in [0.05, 0.1) is 28.5 Å². The first kappa shape index (κ1) is 24.4. The first-order valence-corrected chi connectivity index (χ1v) is 11.4. The molecule has 1 heterocycles. The molecule has 3 aromatic rings. The number of carbonyl (C=O) groups excluding carboxylic acids is 1. The number of ether oxygens (including phenoxy) is 1. The smallest absolute Gasteiger partial charge is 0.337 e. The van der Waals surface area contributed by atoms with Gasteiger partial charge in [0.15, 0.2) is 5.54 Å². The first-order valence-electron chi connectivity index (χ1n) is 11.1. The third-order valence-corrected chi connectivity index (χ3v) is 6.25. The second-order valence-corrected chi connectivity index (χ2v) is 8.68. The van der Waals surface area contributed by atoms with Crippen LogP contribution in [0.3, 0.4) is 0 Å². The predicted molar refractivity (Wildman–Crippen MR) is 134 cm³/mol. The van der Waals surface area contributed by atoms with Crippen molar-refractivity contribution >= 4 is 34.7 Å². The van der Waals surface area contributed by atoms with Gasteiger partial charge >= 0.3 is 5.97 Å². The highest BCUT2D eigenvalue weighted by atomic mass is 35.5. The van der Waals surface area contributed by atoms with Gasteiger partial charge in [0.2, 0.25) is 0 Å². The van der Waals surface area contributed by atoms with E-state index in [1.165, 1.54) is 23.2 Å². The Kier molecular flexibility index (Phi) is 6.86. The predicted octanol–water partition coefficient (Wildman–Crippen LogP) is 5.21. The topological polar surface area (TPSA) is 105 Å². The van der Waals surface area contributed by atoms with Crippen molar-refractivity contribution in [3.05, 3.63) is 105 Å². The van der Waals surface area contributed by atoms with E-state index in [1.54, 1.807) is 37.3 Å². The van der Waals surface area contributed by atoms with E-state index in [2.05, 4.69) is 0 Å². The van der Waals surface area contributed by atoms with Gasteiger partial charge in [-0.05, 0) is 49.7 Å². The van der Waals surface area contributed by atoms with E-state index in [1.807, 2.05) is 31.2 Å². The van der Waals surface area contributed by atoms with Crippen LogP contribution in [0.25, 0.3) is 0 Å². The van der Waals surface area contributed by atoms with Crippen LogP contribution in [0.4, 0.5) is 11.4 Å². The molecule has 1 aliphatic heterocycles. The van der Waals surface area contributed by atoms with Crippen molar-refractivity contribution in [1.82, 2.24) is 0 Å². The molecular weight excluding hydrogens is 470 g/mol. The van der Waals surface area contributed by atoms with Crippen LogP contribution in [-0.2, 0) is 9.53 Å². The number of hydrogen-bond donors (Lipinski definition) is 1. The molecule has 0 amide bonds. The molecule has 4 rings (SSSR count). The number of carbonyl (C=O) groups is 1. The highest BCUT2D eigenvalue weighted by molar-refractivity contribution is 6.30. The van der Waals surface area contributed by atoms with Crippen LogP contribution in [0, 0.1) is 17.0 Å². The minimum absolute atomic E-state index is 0.00938. The highest BCUT2D eigenvalue weighted by Crippen LogP contribution is 2.46. The van der Waals surface area contributed by atoms with Crippen LogP contribution < -0.4 is 5.01 Å². The Hall–Kier alpha value is -3.75. The van der Waals surface area contributed by atoms with E-state index in [-0.39, 0.29) is 24.3 Å². The number of para-hydroxylation sites is 1. The number of aliphatic hydroxyl groups is 1. The molecule has 180 valence electrons. The summed E-state index contributed by atoms with van der Waals surface area (Å²) in [5.41, 5.74) is 0.714. The molecule has 9 heteroatoms. The summed E-state index contributed by atoms with van der Waals surface area (Å²) in [5.74, 6) is -0.744. The molecule has 0 bridgehead atoms. The zero-order valence-electron chi connectivity index (χ0n) is 19.2. The molecule has 0 saturated heterocycles. The minimum atomic E-state index is -1.80. The largest absolute Gasteiger partial charge is 0.464 e. The van der Waals surface area contributed by atoms with Gasteiger partial charge in [0, 0.05) is 17.5 Å². The van der Waals surface area contributed by atoms with Crippen LogP contribution in [0.15, 0.2) is 77.9 Å². The lowest BCUT2D eigenvalue weighted by atomic mass is 9.81. The molecule has 0 saturated carbocycles. The van der Waals surface area contributed by atoms with Crippen molar-refractivity contribution in [2.75, 3.05) is 11.6 Å². The van der Waals surface area contributed by atoms with Gasteiger partial charge in [-0.1, -0.05) is 53.6 Å². The SMILES string of the molecule is CCOC(=O)[C@@]1([C@H](O)c2ccccc2[N+](=O)[O-])CC(c2ccc(C)cc2)=NN1c1ccc(Cl)cc1. The fourth-order valence-electron chi connectivity index (χ4n) is 4.23. The summed E-state index contributed by atoms with van der Waals surface area (Å²) < 4.78 is 5.44. The number of benzene rings is 3. The summed E-state index contributed by atoms with van der Waals surface area (Å²) in [7, 11) is 0. The van der Waals surface area contributed by atoms with E-state index in [0.717, 1.165) is 11.1 Å². The first-order chi connectivity index (χ1) is 16.8. The average Bonchev–Trinajstić information content (AvgIpc) is 3.26.